The summed E-state index contributed by atoms with van der Waals surface area (Å²) >= 11 is 0. The quantitative estimate of drug-likeness (QED) is 0.859. The zero-order chi connectivity index (χ0) is 16.4. The maximum absolute atomic E-state index is 13.0. The number of hydrogen-bond donors (Lipinski definition) is 0. The van der Waals surface area contributed by atoms with Gasteiger partial charge >= 0.3 is 0 Å². The largest absolute Gasteiger partial charge is 0.309 e. The van der Waals surface area contributed by atoms with Crippen LogP contribution in [0.25, 0.3) is 11.1 Å². The number of nitrogens with zero attached hydrogens (tertiary/aromatic N) is 1. The number of hydrogen-bond acceptors (Lipinski definition) is 3. The predicted molar refractivity (Wildman–Crippen MR) is 95.0 cm³/mol. The van der Waals surface area contributed by atoms with Crippen LogP contribution in [0.5, 0.6) is 0 Å². The molecular weight excluding hydrogens is 306 g/mol. The van der Waals surface area contributed by atoms with Crippen molar-refractivity contribution in [2.75, 3.05) is 20.6 Å². The third-order valence-electron chi connectivity index (χ3n) is 4.48. The van der Waals surface area contributed by atoms with Gasteiger partial charge in [-0.2, -0.15) is 0 Å². The summed E-state index contributed by atoms with van der Waals surface area (Å²) in [5.41, 5.74) is 3.99. The Kier molecular flexibility index (Phi) is 4.55. The first-order valence-electron chi connectivity index (χ1n) is 8.02. The molecule has 4 heteroatoms. The van der Waals surface area contributed by atoms with Crippen molar-refractivity contribution in [3.63, 3.8) is 0 Å². The summed E-state index contributed by atoms with van der Waals surface area (Å²) in [5.74, 6) is 0.129. The van der Waals surface area contributed by atoms with Crippen molar-refractivity contribution in [3.8, 4) is 11.1 Å². The summed E-state index contributed by atoms with van der Waals surface area (Å²) in [4.78, 5) is 2.10. The molecule has 122 valence electrons. The van der Waals surface area contributed by atoms with Gasteiger partial charge in [-0.1, -0.05) is 48.5 Å². The molecule has 0 spiro atoms. The molecule has 2 aromatic rings. The summed E-state index contributed by atoms with van der Waals surface area (Å²) in [6.07, 6.45) is 1.55. The third kappa shape index (κ3) is 3.33. The first-order chi connectivity index (χ1) is 11.0. The predicted octanol–water partition coefficient (Wildman–Crippen LogP) is 3.66. The average molecular weight is 329 g/mol. The molecule has 0 N–H and O–H groups in total. The van der Waals surface area contributed by atoms with Crippen LogP contribution in [0.15, 0.2) is 48.5 Å². The lowest BCUT2D eigenvalue weighted by Gasteiger charge is -2.19. The Labute approximate surface area is 138 Å². The molecule has 0 saturated heterocycles. The first-order valence-corrected chi connectivity index (χ1v) is 9.74. The van der Waals surface area contributed by atoms with E-state index in [1.807, 2.05) is 62.6 Å². The van der Waals surface area contributed by atoms with Crippen LogP contribution < -0.4 is 0 Å². The van der Waals surface area contributed by atoms with E-state index in [4.69, 9.17) is 0 Å². The summed E-state index contributed by atoms with van der Waals surface area (Å²) in [7, 11) is 0.835. The standard InChI is InChI=1S/C19H23NO2S/c1-20(2)13-7-12-19-18-11-6-5-10-17(18)16-9-4-3-8-15(16)14-23(19,21)22/h3-6,8-11,19H,7,12-14H2,1-2H3/t19-/m0/s1. The van der Waals surface area contributed by atoms with Crippen molar-refractivity contribution < 1.29 is 8.42 Å². The van der Waals surface area contributed by atoms with Gasteiger partial charge in [-0.25, -0.2) is 8.42 Å². The van der Waals surface area contributed by atoms with Crippen LogP contribution in [0, 0.1) is 0 Å². The van der Waals surface area contributed by atoms with Crippen molar-refractivity contribution in [1.82, 2.24) is 4.90 Å². The summed E-state index contributed by atoms with van der Waals surface area (Å²) in [6.45, 7) is 0.904. The highest BCUT2D eigenvalue weighted by Gasteiger charge is 2.33. The number of benzene rings is 2. The fourth-order valence-electron chi connectivity index (χ4n) is 3.37. The van der Waals surface area contributed by atoms with E-state index in [0.29, 0.717) is 6.42 Å². The normalized spacial score (nSPS) is 19.0. The molecule has 23 heavy (non-hydrogen) atoms. The summed E-state index contributed by atoms with van der Waals surface area (Å²) in [6, 6.07) is 15.8. The first kappa shape index (κ1) is 16.2. The monoisotopic (exact) mass is 329 g/mol. The summed E-state index contributed by atoms with van der Waals surface area (Å²) < 4.78 is 26.0. The Balaban J connectivity index is 2.07. The van der Waals surface area contributed by atoms with Crippen LogP contribution >= 0.6 is 0 Å². The highest BCUT2D eigenvalue weighted by molar-refractivity contribution is 7.90. The van der Waals surface area contributed by atoms with Crippen LogP contribution in [-0.4, -0.2) is 34.0 Å². The second-order valence-corrected chi connectivity index (χ2v) is 8.67. The molecule has 0 aromatic heterocycles. The van der Waals surface area contributed by atoms with E-state index in [-0.39, 0.29) is 5.75 Å². The SMILES string of the molecule is CN(C)CCC[C@H]1c2ccccc2-c2ccccc2CS1(=O)=O. The summed E-state index contributed by atoms with van der Waals surface area (Å²) in [5, 5.41) is -0.411. The van der Waals surface area contributed by atoms with Gasteiger partial charge in [-0.15, -0.1) is 0 Å². The van der Waals surface area contributed by atoms with Gasteiger partial charge in [0, 0.05) is 0 Å². The molecule has 2 aromatic carbocycles. The zero-order valence-corrected chi connectivity index (χ0v) is 14.5. The molecule has 0 fully saturated rings. The van der Waals surface area contributed by atoms with Gasteiger partial charge in [-0.05, 0) is 55.7 Å². The third-order valence-corrected chi connectivity index (χ3v) is 6.55. The van der Waals surface area contributed by atoms with Crippen LogP contribution in [0.3, 0.4) is 0 Å². The van der Waals surface area contributed by atoms with E-state index in [1.54, 1.807) is 0 Å². The minimum Gasteiger partial charge on any atom is -0.309 e. The van der Waals surface area contributed by atoms with Crippen LogP contribution in [0.4, 0.5) is 0 Å². The highest BCUT2D eigenvalue weighted by Crippen LogP contribution is 2.41. The smallest absolute Gasteiger partial charge is 0.161 e. The fourth-order valence-corrected chi connectivity index (χ4v) is 5.38. The van der Waals surface area contributed by atoms with Crippen molar-refractivity contribution in [2.45, 2.75) is 23.8 Å². The molecule has 3 nitrogen and oxygen atoms in total. The van der Waals surface area contributed by atoms with Gasteiger partial charge in [0.2, 0.25) is 0 Å². The molecular formula is C19H23NO2S. The van der Waals surface area contributed by atoms with Gasteiger partial charge in [0.25, 0.3) is 0 Å². The van der Waals surface area contributed by atoms with E-state index in [9.17, 15) is 8.42 Å². The minimum absolute atomic E-state index is 0.129. The number of sulfone groups is 1. The Hall–Kier alpha value is -1.65. The maximum atomic E-state index is 13.0. The molecule has 0 aliphatic carbocycles. The number of rotatable bonds is 4. The van der Waals surface area contributed by atoms with Crippen molar-refractivity contribution in [1.29, 1.82) is 0 Å². The van der Waals surface area contributed by atoms with E-state index in [0.717, 1.165) is 35.2 Å². The van der Waals surface area contributed by atoms with Gasteiger partial charge in [0.1, 0.15) is 0 Å². The van der Waals surface area contributed by atoms with Crippen molar-refractivity contribution >= 4 is 9.84 Å². The van der Waals surface area contributed by atoms with Crippen LogP contribution in [0.1, 0.15) is 29.2 Å². The van der Waals surface area contributed by atoms with E-state index >= 15 is 0 Å². The highest BCUT2D eigenvalue weighted by atomic mass is 32.2. The van der Waals surface area contributed by atoms with Gasteiger partial charge in [-0.3, -0.25) is 0 Å². The zero-order valence-electron chi connectivity index (χ0n) is 13.7. The molecule has 0 saturated carbocycles. The van der Waals surface area contributed by atoms with Gasteiger partial charge < -0.3 is 4.90 Å². The second-order valence-electron chi connectivity index (χ2n) is 6.49. The second kappa shape index (κ2) is 6.46. The molecule has 1 aliphatic rings. The van der Waals surface area contributed by atoms with E-state index in [1.165, 1.54) is 0 Å². The molecule has 0 amide bonds. The van der Waals surface area contributed by atoms with E-state index < -0.39 is 15.1 Å². The lowest BCUT2D eigenvalue weighted by atomic mass is 9.93. The Morgan fingerprint density at radius 3 is 2.39 bits per heavy atom. The van der Waals surface area contributed by atoms with Gasteiger partial charge in [0.05, 0.1) is 11.0 Å². The molecule has 0 unspecified atom stereocenters. The molecule has 1 atom stereocenters. The molecule has 0 radical (unpaired) electrons. The minimum atomic E-state index is -3.20. The topological polar surface area (TPSA) is 37.4 Å². The molecule has 1 heterocycles. The Bertz CT molecular complexity index is 797. The van der Waals surface area contributed by atoms with Crippen molar-refractivity contribution in [3.05, 3.63) is 59.7 Å². The lowest BCUT2D eigenvalue weighted by molar-refractivity contribution is 0.392. The lowest BCUT2D eigenvalue weighted by Crippen LogP contribution is -2.18. The number of fused-ring (bicyclic) bond motifs is 3. The van der Waals surface area contributed by atoms with E-state index in [2.05, 4.69) is 4.90 Å². The average Bonchev–Trinajstić information content (AvgIpc) is 2.60. The molecule has 1 aliphatic heterocycles. The fraction of sp³-hybridized carbons (Fsp3) is 0.368. The van der Waals surface area contributed by atoms with Crippen molar-refractivity contribution in [2.24, 2.45) is 0 Å². The molecule has 3 rings (SSSR count). The Morgan fingerprint density at radius 1 is 1.00 bits per heavy atom. The van der Waals surface area contributed by atoms with Gasteiger partial charge in [0.15, 0.2) is 9.84 Å². The Morgan fingerprint density at radius 2 is 1.65 bits per heavy atom. The molecule has 0 bridgehead atoms. The van der Waals surface area contributed by atoms with Crippen LogP contribution in [-0.2, 0) is 15.6 Å². The van der Waals surface area contributed by atoms with Crippen LogP contribution in [0.2, 0.25) is 0 Å². The maximum Gasteiger partial charge on any atom is 0.161 e.